The van der Waals surface area contributed by atoms with Gasteiger partial charge in [0.05, 0.1) is 23.5 Å². The van der Waals surface area contributed by atoms with E-state index in [9.17, 15) is 9.59 Å². The average molecular weight is 512 g/mol. The number of likely N-dealkylation sites (N-methyl/N-ethyl adjacent to an activating group) is 1. The zero-order valence-electron chi connectivity index (χ0n) is 22.0. The average Bonchev–Trinajstić information content (AvgIpc) is 3.31. The van der Waals surface area contributed by atoms with E-state index in [2.05, 4.69) is 27.5 Å². The highest BCUT2D eigenvalue weighted by Gasteiger charge is 2.22. The first-order valence-corrected chi connectivity index (χ1v) is 12.9. The van der Waals surface area contributed by atoms with E-state index < -0.39 is 5.97 Å². The minimum Gasteiger partial charge on any atom is -0.461 e. The van der Waals surface area contributed by atoms with Gasteiger partial charge in [0.2, 0.25) is 0 Å². The molecule has 0 aliphatic carbocycles. The first-order valence-electron chi connectivity index (χ1n) is 12.9. The van der Waals surface area contributed by atoms with Crippen LogP contribution in [0.25, 0.3) is 16.6 Å². The summed E-state index contributed by atoms with van der Waals surface area (Å²) in [4.78, 5) is 30.6. The highest BCUT2D eigenvalue weighted by atomic mass is 16.5. The first-order chi connectivity index (χ1) is 18.4. The Bertz CT molecular complexity index is 1450. The first kappa shape index (κ1) is 25.4. The number of anilines is 3. The van der Waals surface area contributed by atoms with Crippen LogP contribution in [0.4, 0.5) is 21.9 Å². The minimum atomic E-state index is -0.390. The number of hydrogen-bond donors (Lipinski definition) is 2. The van der Waals surface area contributed by atoms with Crippen molar-refractivity contribution in [3.05, 3.63) is 84.1 Å². The number of benzene rings is 3. The van der Waals surface area contributed by atoms with E-state index in [0.29, 0.717) is 17.1 Å². The molecular formula is C30H33N5O3. The molecule has 2 amide bonds. The second kappa shape index (κ2) is 11.0. The molecule has 2 N–H and O–H groups in total. The molecule has 2 heterocycles. The van der Waals surface area contributed by atoms with E-state index in [4.69, 9.17) is 4.74 Å². The number of esters is 1. The van der Waals surface area contributed by atoms with Crippen LogP contribution in [0.5, 0.6) is 0 Å². The van der Waals surface area contributed by atoms with Crippen LogP contribution in [0.3, 0.4) is 0 Å². The summed E-state index contributed by atoms with van der Waals surface area (Å²) >= 11 is 0. The third kappa shape index (κ3) is 5.35. The van der Waals surface area contributed by atoms with Gasteiger partial charge in [-0.05, 0) is 63.4 Å². The molecule has 3 aromatic carbocycles. The molecule has 1 aromatic heterocycles. The lowest BCUT2D eigenvalue weighted by Gasteiger charge is -2.35. The molecule has 0 atom stereocenters. The van der Waals surface area contributed by atoms with Gasteiger partial charge in [-0.1, -0.05) is 35.9 Å². The fourth-order valence-corrected chi connectivity index (χ4v) is 4.80. The summed E-state index contributed by atoms with van der Waals surface area (Å²) in [5.74, 6) is -0.390. The summed E-state index contributed by atoms with van der Waals surface area (Å²) < 4.78 is 7.26. The molecule has 0 bridgehead atoms. The Morgan fingerprint density at radius 3 is 2.37 bits per heavy atom. The van der Waals surface area contributed by atoms with E-state index >= 15 is 0 Å². The molecule has 196 valence electrons. The Hall–Kier alpha value is -4.30. The highest BCUT2D eigenvalue weighted by Crippen LogP contribution is 2.33. The standard InChI is InChI=1S/C30H33N5O3/c1-4-38-29(36)28-19-22-7-5-6-8-26(22)35(28)24-13-14-27(34-17-15-33(3)16-18-34)25(20-24)32-30(37)31-23-11-9-21(2)10-12-23/h5-14,19-20H,4,15-18H2,1-3H3,(H2,31,32,37). The lowest BCUT2D eigenvalue weighted by atomic mass is 10.2. The zero-order chi connectivity index (χ0) is 26.6. The summed E-state index contributed by atoms with van der Waals surface area (Å²) in [6, 6.07) is 23.0. The molecule has 0 unspecified atom stereocenters. The van der Waals surface area contributed by atoms with Crippen LogP contribution in [0.1, 0.15) is 23.0 Å². The third-order valence-electron chi connectivity index (χ3n) is 6.84. The van der Waals surface area contributed by atoms with E-state index in [0.717, 1.165) is 54.0 Å². The molecule has 5 rings (SSSR count). The van der Waals surface area contributed by atoms with Crippen LogP contribution >= 0.6 is 0 Å². The number of ether oxygens (including phenoxy) is 1. The number of carbonyl (C=O) groups excluding carboxylic acids is 2. The zero-order valence-corrected chi connectivity index (χ0v) is 22.0. The number of nitrogens with one attached hydrogen (secondary N) is 2. The van der Waals surface area contributed by atoms with Gasteiger partial charge in [-0.3, -0.25) is 0 Å². The second-order valence-corrected chi connectivity index (χ2v) is 9.58. The monoisotopic (exact) mass is 511 g/mol. The maximum Gasteiger partial charge on any atom is 0.355 e. The fraction of sp³-hybridized carbons (Fsp3) is 0.267. The quantitative estimate of drug-likeness (QED) is 0.334. The van der Waals surface area contributed by atoms with E-state index in [-0.39, 0.29) is 12.6 Å². The van der Waals surface area contributed by atoms with E-state index in [1.54, 1.807) is 6.92 Å². The van der Waals surface area contributed by atoms with Gasteiger partial charge < -0.3 is 29.7 Å². The highest BCUT2D eigenvalue weighted by molar-refractivity contribution is 6.02. The van der Waals surface area contributed by atoms with E-state index in [1.807, 2.05) is 84.3 Å². The number of rotatable bonds is 6. The van der Waals surface area contributed by atoms with Gasteiger partial charge in [-0.25, -0.2) is 9.59 Å². The number of aromatic nitrogens is 1. The maximum absolute atomic E-state index is 13.1. The summed E-state index contributed by atoms with van der Waals surface area (Å²) in [6.45, 7) is 7.67. The molecule has 1 aliphatic heterocycles. The van der Waals surface area contributed by atoms with Crippen LogP contribution in [0, 0.1) is 6.92 Å². The van der Waals surface area contributed by atoms with Gasteiger partial charge >= 0.3 is 12.0 Å². The number of aryl methyl sites for hydroxylation is 1. The number of amides is 2. The van der Waals surface area contributed by atoms with Crippen LogP contribution in [0.15, 0.2) is 72.8 Å². The Morgan fingerprint density at radius 1 is 0.895 bits per heavy atom. The molecule has 0 spiro atoms. The lowest BCUT2D eigenvalue weighted by Crippen LogP contribution is -2.44. The van der Waals surface area contributed by atoms with Crippen LogP contribution in [0.2, 0.25) is 0 Å². The molecule has 38 heavy (non-hydrogen) atoms. The van der Waals surface area contributed by atoms with Crippen molar-refractivity contribution in [2.45, 2.75) is 13.8 Å². The fourth-order valence-electron chi connectivity index (χ4n) is 4.80. The van der Waals surface area contributed by atoms with Gasteiger partial charge in [0, 0.05) is 42.9 Å². The van der Waals surface area contributed by atoms with Crippen molar-refractivity contribution in [1.29, 1.82) is 0 Å². The van der Waals surface area contributed by atoms with Crippen molar-refractivity contribution < 1.29 is 14.3 Å². The summed E-state index contributed by atoms with van der Waals surface area (Å²) in [5, 5.41) is 6.93. The number of fused-ring (bicyclic) bond motifs is 1. The second-order valence-electron chi connectivity index (χ2n) is 9.58. The molecule has 1 saturated heterocycles. The largest absolute Gasteiger partial charge is 0.461 e. The number of carbonyl (C=O) groups is 2. The molecule has 1 fully saturated rings. The summed E-state index contributed by atoms with van der Waals surface area (Å²) in [7, 11) is 2.11. The maximum atomic E-state index is 13.1. The predicted octanol–water partition coefficient (Wildman–Crippen LogP) is 5.51. The van der Waals surface area contributed by atoms with Crippen molar-refractivity contribution in [3.63, 3.8) is 0 Å². The van der Waals surface area contributed by atoms with Gasteiger partial charge in [-0.15, -0.1) is 0 Å². The molecule has 8 heteroatoms. The molecule has 0 radical (unpaired) electrons. The molecular weight excluding hydrogens is 478 g/mol. The van der Waals surface area contributed by atoms with Crippen molar-refractivity contribution in [2.24, 2.45) is 0 Å². The summed E-state index contributed by atoms with van der Waals surface area (Å²) in [6.07, 6.45) is 0. The summed E-state index contributed by atoms with van der Waals surface area (Å²) in [5.41, 5.74) is 5.54. The predicted molar refractivity (Wildman–Crippen MR) is 153 cm³/mol. The molecule has 8 nitrogen and oxygen atoms in total. The van der Waals surface area contributed by atoms with Crippen molar-refractivity contribution in [3.8, 4) is 5.69 Å². The van der Waals surface area contributed by atoms with Gasteiger partial charge in [0.15, 0.2) is 0 Å². The Balaban J connectivity index is 1.55. The topological polar surface area (TPSA) is 78.8 Å². The molecule has 1 aliphatic rings. The number of urea groups is 1. The number of para-hydroxylation sites is 1. The molecule has 0 saturated carbocycles. The Kier molecular flexibility index (Phi) is 7.33. The van der Waals surface area contributed by atoms with Gasteiger partial charge in [0.25, 0.3) is 0 Å². The number of hydrogen-bond acceptors (Lipinski definition) is 5. The normalized spacial score (nSPS) is 13.9. The number of piperazine rings is 1. The van der Waals surface area contributed by atoms with Crippen molar-refractivity contribution >= 4 is 40.0 Å². The van der Waals surface area contributed by atoms with Crippen molar-refractivity contribution in [1.82, 2.24) is 9.47 Å². The van der Waals surface area contributed by atoms with Gasteiger partial charge in [-0.2, -0.15) is 0 Å². The van der Waals surface area contributed by atoms with Crippen LogP contribution in [-0.2, 0) is 4.74 Å². The van der Waals surface area contributed by atoms with Gasteiger partial charge in [0.1, 0.15) is 5.69 Å². The Morgan fingerprint density at radius 2 is 1.63 bits per heavy atom. The SMILES string of the molecule is CCOC(=O)c1cc2ccccc2n1-c1ccc(N2CCN(C)CC2)c(NC(=O)Nc2ccc(C)cc2)c1. The third-order valence-corrected chi connectivity index (χ3v) is 6.84. The lowest BCUT2D eigenvalue weighted by molar-refractivity contribution is 0.0517. The van der Waals surface area contributed by atoms with E-state index in [1.165, 1.54) is 0 Å². The van der Waals surface area contributed by atoms with Crippen LogP contribution < -0.4 is 15.5 Å². The smallest absolute Gasteiger partial charge is 0.355 e. The molecule has 4 aromatic rings. The minimum absolute atomic E-state index is 0.286. The Labute approximate surface area is 222 Å². The number of nitrogens with zero attached hydrogens (tertiary/aromatic N) is 3. The van der Waals surface area contributed by atoms with Crippen molar-refractivity contribution in [2.75, 3.05) is 55.4 Å². The van der Waals surface area contributed by atoms with Crippen LogP contribution in [-0.4, -0.2) is 61.3 Å².